The molecule has 4 rings (SSSR count). The summed E-state index contributed by atoms with van der Waals surface area (Å²) in [4.78, 5) is 0. The molecule has 0 radical (unpaired) electrons. The molecule has 0 fully saturated rings. The molecule has 4 nitrogen and oxygen atoms in total. The van der Waals surface area contributed by atoms with E-state index in [1.165, 1.54) is 5.56 Å². The second kappa shape index (κ2) is 8.65. The van der Waals surface area contributed by atoms with E-state index in [9.17, 15) is 0 Å². The van der Waals surface area contributed by atoms with Crippen LogP contribution < -0.4 is 14.5 Å². The minimum absolute atomic E-state index is 0.152. The average Bonchev–Trinajstić information content (AvgIpc) is 3.23. The minimum atomic E-state index is 0.152. The van der Waals surface area contributed by atoms with Crippen LogP contribution in [-0.2, 0) is 0 Å². The van der Waals surface area contributed by atoms with Crippen molar-refractivity contribution in [1.29, 1.82) is 0 Å². The van der Waals surface area contributed by atoms with Gasteiger partial charge in [0, 0.05) is 6.42 Å². The highest BCUT2D eigenvalue weighted by Crippen LogP contribution is 2.36. The third-order valence-electron chi connectivity index (χ3n) is 5.04. The van der Waals surface area contributed by atoms with Crippen LogP contribution in [0.25, 0.3) is 6.08 Å². The third kappa shape index (κ3) is 4.32. The van der Waals surface area contributed by atoms with E-state index < -0.39 is 0 Å². The van der Waals surface area contributed by atoms with Gasteiger partial charge in [0.2, 0.25) is 0 Å². The molecule has 0 saturated carbocycles. The summed E-state index contributed by atoms with van der Waals surface area (Å²) in [6.07, 6.45) is 5.03. The van der Waals surface area contributed by atoms with Crippen molar-refractivity contribution in [2.24, 2.45) is 5.10 Å². The quantitative estimate of drug-likeness (QED) is 0.545. The number of nitrogens with zero attached hydrogens (tertiary/aromatic N) is 2. The highest BCUT2D eigenvalue weighted by Gasteiger charge is 2.28. The molecule has 4 heteroatoms. The Kier molecular flexibility index (Phi) is 5.61. The fraction of sp³-hybridized carbons (Fsp3) is 0.160. The Hall–Kier alpha value is -3.53. The molecule has 0 bridgehead atoms. The zero-order valence-corrected chi connectivity index (χ0v) is 16.7. The summed E-state index contributed by atoms with van der Waals surface area (Å²) in [5.74, 6) is 1.72. The maximum atomic E-state index is 5.31. The Morgan fingerprint density at radius 3 is 2.03 bits per heavy atom. The highest BCUT2D eigenvalue weighted by molar-refractivity contribution is 6.01. The zero-order valence-electron chi connectivity index (χ0n) is 16.7. The predicted molar refractivity (Wildman–Crippen MR) is 119 cm³/mol. The van der Waals surface area contributed by atoms with Gasteiger partial charge in [-0.3, -0.25) is 5.01 Å². The number of benzene rings is 3. The van der Waals surface area contributed by atoms with Crippen LogP contribution in [0.2, 0.25) is 0 Å². The summed E-state index contributed by atoms with van der Waals surface area (Å²) < 4.78 is 10.5. The van der Waals surface area contributed by atoms with Crippen LogP contribution >= 0.6 is 0 Å². The van der Waals surface area contributed by atoms with Gasteiger partial charge in [-0.2, -0.15) is 5.10 Å². The van der Waals surface area contributed by atoms with Crippen LogP contribution in [0.15, 0.2) is 90.0 Å². The van der Waals surface area contributed by atoms with Crippen molar-refractivity contribution in [3.8, 4) is 11.5 Å². The first-order chi connectivity index (χ1) is 14.3. The Balaban J connectivity index is 1.60. The molecule has 3 aromatic carbocycles. The molecular weight excluding hydrogens is 360 g/mol. The summed E-state index contributed by atoms with van der Waals surface area (Å²) in [5, 5.41) is 7.02. The molecular formula is C25H24N2O2. The SMILES string of the molecule is COc1ccc(/C=C/C2=NN(c3ccccc3)C(c3ccc(OC)cc3)C2)cc1. The molecule has 0 aromatic heterocycles. The Morgan fingerprint density at radius 1 is 0.793 bits per heavy atom. The van der Waals surface area contributed by atoms with Crippen molar-refractivity contribution in [3.05, 3.63) is 96.1 Å². The molecule has 0 amide bonds. The first-order valence-electron chi connectivity index (χ1n) is 9.64. The molecule has 1 heterocycles. The van der Waals surface area contributed by atoms with Crippen molar-refractivity contribution >= 4 is 17.5 Å². The van der Waals surface area contributed by atoms with Crippen LogP contribution in [0.1, 0.15) is 23.6 Å². The standard InChI is InChI=1S/C25H24N2O2/c1-28-23-14-9-19(10-15-23)8-13-21-18-25(20-11-16-24(29-2)17-12-20)27(26-21)22-6-4-3-5-7-22/h3-17,25H,18H2,1-2H3/b13-8+. The maximum Gasteiger partial charge on any atom is 0.118 e. The van der Waals surface area contributed by atoms with Gasteiger partial charge in [-0.25, -0.2) is 0 Å². The molecule has 1 aliphatic heterocycles. The number of hydrogen-bond donors (Lipinski definition) is 0. The van der Waals surface area contributed by atoms with Gasteiger partial charge in [0.15, 0.2) is 0 Å². The van der Waals surface area contributed by atoms with E-state index in [1.807, 2.05) is 54.6 Å². The van der Waals surface area contributed by atoms with Crippen LogP contribution in [0.3, 0.4) is 0 Å². The minimum Gasteiger partial charge on any atom is -0.497 e. The Labute approximate surface area is 171 Å². The molecule has 146 valence electrons. The number of rotatable bonds is 6. The molecule has 0 aliphatic carbocycles. The third-order valence-corrected chi connectivity index (χ3v) is 5.04. The van der Waals surface area contributed by atoms with Crippen molar-refractivity contribution in [1.82, 2.24) is 0 Å². The lowest BCUT2D eigenvalue weighted by molar-refractivity contribution is 0.414. The topological polar surface area (TPSA) is 34.1 Å². The van der Waals surface area contributed by atoms with Gasteiger partial charge < -0.3 is 9.47 Å². The van der Waals surface area contributed by atoms with Crippen LogP contribution in [-0.4, -0.2) is 19.9 Å². The second-order valence-electron chi connectivity index (χ2n) is 6.87. The van der Waals surface area contributed by atoms with E-state index in [1.54, 1.807) is 14.2 Å². The van der Waals surface area contributed by atoms with E-state index in [0.717, 1.165) is 34.9 Å². The highest BCUT2D eigenvalue weighted by atomic mass is 16.5. The van der Waals surface area contributed by atoms with Gasteiger partial charge in [0.25, 0.3) is 0 Å². The van der Waals surface area contributed by atoms with Crippen LogP contribution in [0.4, 0.5) is 5.69 Å². The van der Waals surface area contributed by atoms with Crippen molar-refractivity contribution in [2.45, 2.75) is 12.5 Å². The van der Waals surface area contributed by atoms with E-state index in [-0.39, 0.29) is 6.04 Å². The lowest BCUT2D eigenvalue weighted by Crippen LogP contribution is -2.18. The molecule has 3 aromatic rings. The van der Waals surface area contributed by atoms with E-state index in [2.05, 4.69) is 41.4 Å². The van der Waals surface area contributed by atoms with Crippen LogP contribution in [0, 0.1) is 0 Å². The monoisotopic (exact) mass is 384 g/mol. The smallest absolute Gasteiger partial charge is 0.118 e. The number of hydrazone groups is 1. The van der Waals surface area contributed by atoms with Crippen molar-refractivity contribution < 1.29 is 9.47 Å². The second-order valence-corrected chi connectivity index (χ2v) is 6.87. The zero-order chi connectivity index (χ0) is 20.1. The van der Waals surface area contributed by atoms with Gasteiger partial charge in [-0.15, -0.1) is 0 Å². The predicted octanol–water partition coefficient (Wildman–Crippen LogP) is 5.72. The number of para-hydroxylation sites is 1. The van der Waals surface area contributed by atoms with Gasteiger partial charge in [-0.1, -0.05) is 48.5 Å². The number of methoxy groups -OCH3 is 2. The Bertz CT molecular complexity index is 993. The van der Waals surface area contributed by atoms with E-state index >= 15 is 0 Å². The average molecular weight is 384 g/mol. The normalized spacial score (nSPS) is 16.1. The summed E-state index contributed by atoms with van der Waals surface area (Å²) >= 11 is 0. The van der Waals surface area contributed by atoms with Crippen molar-refractivity contribution in [3.63, 3.8) is 0 Å². The number of hydrogen-bond acceptors (Lipinski definition) is 4. The maximum absolute atomic E-state index is 5.31. The number of allylic oxidation sites excluding steroid dienone is 1. The molecule has 0 saturated heterocycles. The molecule has 0 spiro atoms. The van der Waals surface area contributed by atoms with Crippen LogP contribution in [0.5, 0.6) is 11.5 Å². The summed E-state index contributed by atoms with van der Waals surface area (Å²) in [5.41, 5.74) is 4.46. The van der Waals surface area contributed by atoms with Gasteiger partial charge in [0.1, 0.15) is 11.5 Å². The molecule has 0 N–H and O–H groups in total. The molecule has 1 unspecified atom stereocenters. The Morgan fingerprint density at radius 2 is 1.41 bits per heavy atom. The van der Waals surface area contributed by atoms with Gasteiger partial charge in [0.05, 0.1) is 31.7 Å². The van der Waals surface area contributed by atoms with Gasteiger partial charge >= 0.3 is 0 Å². The summed E-state index contributed by atoms with van der Waals surface area (Å²) in [6.45, 7) is 0. The number of anilines is 1. The summed E-state index contributed by atoms with van der Waals surface area (Å²) in [7, 11) is 3.36. The fourth-order valence-corrected chi connectivity index (χ4v) is 3.45. The van der Waals surface area contributed by atoms with E-state index in [4.69, 9.17) is 14.6 Å². The first kappa shape index (κ1) is 18.8. The fourth-order valence-electron chi connectivity index (χ4n) is 3.45. The molecule has 1 atom stereocenters. The lowest BCUT2D eigenvalue weighted by Gasteiger charge is -2.24. The van der Waals surface area contributed by atoms with Gasteiger partial charge in [-0.05, 0) is 53.6 Å². The lowest BCUT2D eigenvalue weighted by atomic mass is 10.0. The van der Waals surface area contributed by atoms with E-state index in [0.29, 0.717) is 0 Å². The van der Waals surface area contributed by atoms with Crippen molar-refractivity contribution in [2.75, 3.05) is 19.2 Å². The first-order valence-corrected chi connectivity index (χ1v) is 9.64. The molecule has 29 heavy (non-hydrogen) atoms. The largest absolute Gasteiger partial charge is 0.497 e. The number of ether oxygens (including phenoxy) is 2. The molecule has 1 aliphatic rings. The summed E-state index contributed by atoms with van der Waals surface area (Å²) in [6, 6.07) is 26.7.